The Morgan fingerprint density at radius 1 is 1.30 bits per heavy atom. The van der Waals surface area contributed by atoms with Crippen molar-refractivity contribution in [3.63, 3.8) is 0 Å². The summed E-state index contributed by atoms with van der Waals surface area (Å²) < 4.78 is 5.72. The van der Waals surface area contributed by atoms with Gasteiger partial charge >= 0.3 is 0 Å². The fraction of sp³-hybridized carbons (Fsp3) is 0.450. The van der Waals surface area contributed by atoms with Crippen molar-refractivity contribution < 1.29 is 14.3 Å². The lowest BCUT2D eigenvalue weighted by atomic mass is 9.94. The van der Waals surface area contributed by atoms with E-state index < -0.39 is 5.41 Å². The van der Waals surface area contributed by atoms with Crippen molar-refractivity contribution in [2.75, 3.05) is 26.2 Å². The number of nitrogens with one attached hydrogen (secondary N) is 2. The van der Waals surface area contributed by atoms with E-state index in [-0.39, 0.29) is 17.9 Å². The van der Waals surface area contributed by atoms with E-state index in [1.807, 2.05) is 56.0 Å². The Bertz CT molecular complexity index is 795. The first kappa shape index (κ1) is 19.1. The van der Waals surface area contributed by atoms with Crippen molar-refractivity contribution in [3.8, 4) is 11.1 Å². The van der Waals surface area contributed by atoms with Gasteiger partial charge in [-0.25, -0.2) is 0 Å². The first-order valence-electron chi connectivity index (χ1n) is 9.14. The van der Waals surface area contributed by atoms with Gasteiger partial charge in [-0.3, -0.25) is 14.7 Å². The first-order valence-corrected chi connectivity index (χ1v) is 9.14. The van der Waals surface area contributed by atoms with Gasteiger partial charge in [-0.05, 0) is 5.56 Å². The average Bonchev–Trinajstić information content (AvgIpc) is 3.15. The molecule has 2 N–H and O–H groups in total. The molecule has 1 aliphatic heterocycles. The number of aromatic amines is 1. The molecule has 0 radical (unpaired) electrons. The van der Waals surface area contributed by atoms with Crippen LogP contribution in [0.2, 0.25) is 0 Å². The van der Waals surface area contributed by atoms with Gasteiger partial charge in [0.15, 0.2) is 0 Å². The summed E-state index contributed by atoms with van der Waals surface area (Å²) in [4.78, 5) is 26.9. The molecule has 0 saturated carbocycles. The van der Waals surface area contributed by atoms with E-state index in [9.17, 15) is 9.59 Å². The predicted molar refractivity (Wildman–Crippen MR) is 102 cm³/mol. The standard InChI is InChI=1S/C20H26N4O3/c1-20(2,3)19(26)24-9-10-27-15(13-24)11-21-18(25)17-16(12-22-23-17)14-7-5-4-6-8-14/h4-8,12,15H,9-11,13H2,1-3H3,(H,21,25)(H,22,23). The van der Waals surface area contributed by atoms with E-state index in [1.165, 1.54) is 0 Å². The van der Waals surface area contributed by atoms with Crippen LogP contribution in [0.3, 0.4) is 0 Å². The smallest absolute Gasteiger partial charge is 0.270 e. The number of morpholine rings is 1. The van der Waals surface area contributed by atoms with E-state index in [0.717, 1.165) is 11.1 Å². The Morgan fingerprint density at radius 2 is 2.04 bits per heavy atom. The normalized spacial score (nSPS) is 17.6. The van der Waals surface area contributed by atoms with E-state index >= 15 is 0 Å². The highest BCUT2D eigenvalue weighted by atomic mass is 16.5. The van der Waals surface area contributed by atoms with Crippen molar-refractivity contribution >= 4 is 11.8 Å². The molecule has 144 valence electrons. The van der Waals surface area contributed by atoms with E-state index in [4.69, 9.17) is 4.74 Å². The zero-order chi connectivity index (χ0) is 19.4. The second-order valence-electron chi connectivity index (χ2n) is 7.73. The molecule has 0 bridgehead atoms. The largest absolute Gasteiger partial charge is 0.373 e. The van der Waals surface area contributed by atoms with Gasteiger partial charge in [0.25, 0.3) is 5.91 Å². The number of H-pyrrole nitrogens is 1. The van der Waals surface area contributed by atoms with Crippen LogP contribution in [0.1, 0.15) is 31.3 Å². The summed E-state index contributed by atoms with van der Waals surface area (Å²) in [6.45, 7) is 7.59. The summed E-state index contributed by atoms with van der Waals surface area (Å²) in [7, 11) is 0. The third kappa shape index (κ3) is 4.54. The van der Waals surface area contributed by atoms with E-state index in [0.29, 0.717) is 31.9 Å². The summed E-state index contributed by atoms with van der Waals surface area (Å²) in [6, 6.07) is 9.62. The number of aromatic nitrogens is 2. The molecule has 0 aliphatic carbocycles. The molecular weight excluding hydrogens is 344 g/mol. The molecule has 2 amide bonds. The quantitative estimate of drug-likeness (QED) is 0.863. The second-order valence-corrected chi connectivity index (χ2v) is 7.73. The third-order valence-corrected chi connectivity index (χ3v) is 4.51. The summed E-state index contributed by atoms with van der Waals surface area (Å²) in [5.74, 6) is -0.142. The fourth-order valence-electron chi connectivity index (χ4n) is 3.09. The molecule has 1 aliphatic rings. The Hall–Kier alpha value is -2.67. The van der Waals surface area contributed by atoms with Gasteiger partial charge in [-0.2, -0.15) is 5.10 Å². The van der Waals surface area contributed by atoms with Crippen LogP contribution in [0.15, 0.2) is 36.5 Å². The van der Waals surface area contributed by atoms with Crippen molar-refractivity contribution in [1.82, 2.24) is 20.4 Å². The van der Waals surface area contributed by atoms with E-state index in [1.54, 1.807) is 6.20 Å². The monoisotopic (exact) mass is 370 g/mol. The maximum Gasteiger partial charge on any atom is 0.270 e. The third-order valence-electron chi connectivity index (χ3n) is 4.51. The minimum absolute atomic E-state index is 0.0991. The van der Waals surface area contributed by atoms with Crippen LogP contribution in [0.25, 0.3) is 11.1 Å². The number of carbonyl (C=O) groups is 2. The van der Waals surface area contributed by atoms with Gasteiger partial charge in [-0.15, -0.1) is 0 Å². The molecule has 2 heterocycles. The van der Waals surface area contributed by atoms with Gasteiger partial charge in [0.1, 0.15) is 5.69 Å². The molecule has 0 spiro atoms. The van der Waals surface area contributed by atoms with Crippen molar-refractivity contribution in [2.45, 2.75) is 26.9 Å². The predicted octanol–water partition coefficient (Wildman–Crippen LogP) is 2.08. The molecule has 27 heavy (non-hydrogen) atoms. The van der Waals surface area contributed by atoms with E-state index in [2.05, 4.69) is 15.5 Å². The maximum atomic E-state index is 12.6. The van der Waals surface area contributed by atoms with Crippen molar-refractivity contribution in [2.24, 2.45) is 5.41 Å². The van der Waals surface area contributed by atoms with Crippen LogP contribution in [-0.2, 0) is 9.53 Å². The Balaban J connectivity index is 1.60. The molecule has 3 rings (SSSR count). The average molecular weight is 370 g/mol. The summed E-state index contributed by atoms with van der Waals surface area (Å²) in [5.41, 5.74) is 1.67. The Labute approximate surface area is 159 Å². The van der Waals surface area contributed by atoms with Gasteiger partial charge in [-0.1, -0.05) is 51.1 Å². The molecule has 1 unspecified atom stereocenters. The van der Waals surface area contributed by atoms with Crippen LogP contribution in [-0.4, -0.2) is 59.3 Å². The number of amides is 2. The molecule has 2 aromatic rings. The van der Waals surface area contributed by atoms with Gasteiger partial charge in [0.2, 0.25) is 5.91 Å². The number of nitrogens with zero attached hydrogens (tertiary/aromatic N) is 2. The molecule has 1 atom stereocenters. The maximum absolute atomic E-state index is 12.6. The highest BCUT2D eigenvalue weighted by molar-refractivity contribution is 5.98. The number of carbonyl (C=O) groups excluding carboxylic acids is 2. The SMILES string of the molecule is CC(C)(C)C(=O)N1CCOC(CNC(=O)c2[nH]ncc2-c2ccccc2)C1. The van der Waals surface area contributed by atoms with Crippen molar-refractivity contribution in [3.05, 3.63) is 42.2 Å². The lowest BCUT2D eigenvalue weighted by Gasteiger charge is -2.36. The van der Waals surface area contributed by atoms with Crippen molar-refractivity contribution in [1.29, 1.82) is 0 Å². The number of hydrogen-bond acceptors (Lipinski definition) is 4. The molecular formula is C20H26N4O3. The molecule has 7 nitrogen and oxygen atoms in total. The van der Waals surface area contributed by atoms with Crippen LogP contribution < -0.4 is 5.32 Å². The van der Waals surface area contributed by atoms with Gasteiger partial charge < -0.3 is 15.0 Å². The molecule has 1 aromatic carbocycles. The number of benzene rings is 1. The minimum atomic E-state index is -0.425. The molecule has 1 saturated heterocycles. The summed E-state index contributed by atoms with van der Waals surface area (Å²) in [5, 5.41) is 9.67. The molecule has 1 fully saturated rings. The lowest BCUT2D eigenvalue weighted by molar-refractivity contribution is -0.146. The highest BCUT2D eigenvalue weighted by Crippen LogP contribution is 2.22. The first-order chi connectivity index (χ1) is 12.9. The fourth-order valence-corrected chi connectivity index (χ4v) is 3.09. The van der Waals surface area contributed by atoms with Crippen LogP contribution in [0.4, 0.5) is 0 Å². The Morgan fingerprint density at radius 3 is 2.74 bits per heavy atom. The highest BCUT2D eigenvalue weighted by Gasteiger charge is 2.31. The zero-order valence-electron chi connectivity index (χ0n) is 16.0. The number of ether oxygens (including phenoxy) is 1. The summed E-state index contributed by atoms with van der Waals surface area (Å²) >= 11 is 0. The minimum Gasteiger partial charge on any atom is -0.373 e. The molecule has 1 aromatic heterocycles. The Kier molecular flexibility index (Phi) is 5.60. The number of rotatable bonds is 4. The zero-order valence-corrected chi connectivity index (χ0v) is 16.0. The van der Waals surface area contributed by atoms with Crippen LogP contribution >= 0.6 is 0 Å². The second kappa shape index (κ2) is 7.92. The van der Waals surface area contributed by atoms with Gasteiger partial charge in [0.05, 0.1) is 18.9 Å². The molecule has 7 heteroatoms. The summed E-state index contributed by atoms with van der Waals surface area (Å²) in [6.07, 6.45) is 1.42. The topological polar surface area (TPSA) is 87.3 Å². The number of hydrogen-bond donors (Lipinski definition) is 2. The lowest BCUT2D eigenvalue weighted by Crippen LogP contribution is -2.52. The van der Waals surface area contributed by atoms with Crippen LogP contribution in [0, 0.1) is 5.41 Å². The van der Waals surface area contributed by atoms with Gasteiger partial charge in [0, 0.05) is 30.6 Å². The van der Waals surface area contributed by atoms with Crippen LogP contribution in [0.5, 0.6) is 0 Å².